The second kappa shape index (κ2) is 7.11. The Morgan fingerprint density at radius 3 is 3.00 bits per heavy atom. The zero-order valence-electron chi connectivity index (χ0n) is 13.3. The second-order valence-corrected chi connectivity index (χ2v) is 6.71. The summed E-state index contributed by atoms with van der Waals surface area (Å²) in [6.45, 7) is 2.77. The van der Waals surface area contributed by atoms with E-state index in [0.717, 1.165) is 19.4 Å². The first-order valence-corrected chi connectivity index (χ1v) is 8.83. The third-order valence-corrected chi connectivity index (χ3v) is 5.13. The number of carbonyl (C=O) groups excluding carboxylic acids is 1. The maximum absolute atomic E-state index is 12.6. The third-order valence-electron chi connectivity index (χ3n) is 4.42. The number of thiophene rings is 1. The highest BCUT2D eigenvalue weighted by Crippen LogP contribution is 2.34. The number of carbonyl (C=O) groups is 1. The molecule has 1 amide bonds. The molecule has 24 heavy (non-hydrogen) atoms. The first kappa shape index (κ1) is 16.6. The van der Waals surface area contributed by atoms with Crippen LogP contribution in [0.25, 0.3) is 0 Å². The molecule has 2 heterocycles. The van der Waals surface area contributed by atoms with Crippen molar-refractivity contribution in [3.05, 3.63) is 56.8 Å². The SMILES string of the molecule is C[C@H](C(=O)Nc1cccc([N+](=O)[O-])c1)N1CCC[C@H]1c1ccsc1. The van der Waals surface area contributed by atoms with Crippen molar-refractivity contribution in [3.8, 4) is 0 Å². The predicted molar refractivity (Wildman–Crippen MR) is 94.2 cm³/mol. The van der Waals surface area contributed by atoms with Crippen molar-refractivity contribution >= 4 is 28.6 Å². The van der Waals surface area contributed by atoms with E-state index in [-0.39, 0.29) is 23.7 Å². The van der Waals surface area contributed by atoms with Crippen LogP contribution in [0.1, 0.15) is 31.4 Å². The maximum Gasteiger partial charge on any atom is 0.271 e. The molecule has 1 saturated heterocycles. The summed E-state index contributed by atoms with van der Waals surface area (Å²) < 4.78 is 0. The minimum absolute atomic E-state index is 0.0298. The highest BCUT2D eigenvalue weighted by atomic mass is 32.1. The summed E-state index contributed by atoms with van der Waals surface area (Å²) in [6.07, 6.45) is 2.11. The minimum atomic E-state index is -0.466. The summed E-state index contributed by atoms with van der Waals surface area (Å²) in [6, 6.07) is 8.11. The smallest absolute Gasteiger partial charge is 0.271 e. The number of hydrogen-bond acceptors (Lipinski definition) is 5. The molecule has 1 aliphatic rings. The molecular formula is C17H19N3O3S. The molecule has 1 aromatic heterocycles. The second-order valence-electron chi connectivity index (χ2n) is 5.93. The number of nitro benzene ring substituents is 1. The molecule has 0 bridgehead atoms. The number of non-ortho nitro benzene ring substituents is 1. The maximum atomic E-state index is 12.6. The normalized spacial score (nSPS) is 19.1. The fourth-order valence-corrected chi connectivity index (χ4v) is 3.88. The lowest BCUT2D eigenvalue weighted by Crippen LogP contribution is -2.41. The Bertz CT molecular complexity index is 732. The van der Waals surface area contributed by atoms with E-state index in [4.69, 9.17) is 0 Å². The fraction of sp³-hybridized carbons (Fsp3) is 0.353. The third kappa shape index (κ3) is 3.47. The average molecular weight is 345 g/mol. The molecule has 1 aliphatic heterocycles. The van der Waals surface area contributed by atoms with Gasteiger partial charge >= 0.3 is 0 Å². The largest absolute Gasteiger partial charge is 0.324 e. The van der Waals surface area contributed by atoms with Crippen molar-refractivity contribution < 1.29 is 9.72 Å². The van der Waals surface area contributed by atoms with E-state index < -0.39 is 4.92 Å². The van der Waals surface area contributed by atoms with Gasteiger partial charge in [-0.1, -0.05) is 6.07 Å². The Hall–Kier alpha value is -2.25. The molecule has 0 saturated carbocycles. The summed E-state index contributed by atoms with van der Waals surface area (Å²) in [5.41, 5.74) is 1.68. The van der Waals surface area contributed by atoms with Gasteiger partial charge in [0.1, 0.15) is 0 Å². The van der Waals surface area contributed by atoms with E-state index in [0.29, 0.717) is 5.69 Å². The standard InChI is InChI=1S/C17H19N3O3S/c1-12(19-8-3-6-16(19)13-7-9-24-11-13)17(21)18-14-4-2-5-15(10-14)20(22)23/h2,4-5,7,9-12,16H,3,6,8H2,1H3,(H,18,21)/t12-,16+/m1/s1. The average Bonchev–Trinajstić information content (AvgIpc) is 3.25. The van der Waals surface area contributed by atoms with Gasteiger partial charge < -0.3 is 5.32 Å². The Labute approximate surface area is 144 Å². The number of hydrogen-bond donors (Lipinski definition) is 1. The number of nitrogens with one attached hydrogen (secondary N) is 1. The van der Waals surface area contributed by atoms with Gasteiger partial charge in [-0.15, -0.1) is 0 Å². The van der Waals surface area contributed by atoms with Crippen molar-refractivity contribution in [1.29, 1.82) is 0 Å². The first-order chi connectivity index (χ1) is 11.6. The summed E-state index contributed by atoms with van der Waals surface area (Å²) in [5.74, 6) is -0.141. The molecule has 3 rings (SSSR count). The number of likely N-dealkylation sites (tertiary alicyclic amines) is 1. The van der Waals surface area contributed by atoms with E-state index in [1.54, 1.807) is 23.5 Å². The van der Waals surface area contributed by atoms with Crippen molar-refractivity contribution in [2.24, 2.45) is 0 Å². The molecule has 0 radical (unpaired) electrons. The number of nitro groups is 1. The van der Waals surface area contributed by atoms with E-state index >= 15 is 0 Å². The number of anilines is 1. The first-order valence-electron chi connectivity index (χ1n) is 7.89. The molecule has 1 N–H and O–H groups in total. The molecule has 0 aliphatic carbocycles. The molecule has 2 atom stereocenters. The van der Waals surface area contributed by atoms with Crippen LogP contribution in [-0.2, 0) is 4.79 Å². The van der Waals surface area contributed by atoms with Crippen LogP contribution in [-0.4, -0.2) is 28.3 Å². The van der Waals surface area contributed by atoms with Gasteiger partial charge in [-0.2, -0.15) is 11.3 Å². The van der Waals surface area contributed by atoms with Crippen LogP contribution in [0.15, 0.2) is 41.1 Å². The zero-order valence-corrected chi connectivity index (χ0v) is 14.2. The lowest BCUT2D eigenvalue weighted by Gasteiger charge is -2.29. The van der Waals surface area contributed by atoms with E-state index in [2.05, 4.69) is 27.0 Å². The number of nitrogens with zero attached hydrogens (tertiary/aromatic N) is 2. The molecule has 2 aromatic rings. The molecule has 1 aromatic carbocycles. The van der Waals surface area contributed by atoms with Gasteiger partial charge in [-0.25, -0.2) is 0 Å². The summed E-state index contributed by atoms with van der Waals surface area (Å²) in [7, 11) is 0. The van der Waals surface area contributed by atoms with E-state index in [1.165, 1.54) is 17.7 Å². The Morgan fingerprint density at radius 2 is 2.29 bits per heavy atom. The zero-order chi connectivity index (χ0) is 17.1. The summed E-state index contributed by atoms with van der Waals surface area (Å²) in [4.78, 5) is 25.2. The van der Waals surface area contributed by atoms with E-state index in [9.17, 15) is 14.9 Å². The van der Waals surface area contributed by atoms with E-state index in [1.807, 2.05) is 6.92 Å². The van der Waals surface area contributed by atoms with Crippen LogP contribution >= 0.6 is 11.3 Å². The van der Waals surface area contributed by atoms with Crippen LogP contribution in [0.3, 0.4) is 0 Å². The van der Waals surface area contributed by atoms with Crippen LogP contribution in [0, 0.1) is 10.1 Å². The van der Waals surface area contributed by atoms with Gasteiger partial charge in [0.2, 0.25) is 5.91 Å². The molecule has 126 valence electrons. The Balaban J connectivity index is 1.70. The number of amides is 1. The van der Waals surface area contributed by atoms with Gasteiger partial charge in [-0.3, -0.25) is 19.8 Å². The molecule has 0 unspecified atom stereocenters. The predicted octanol–water partition coefficient (Wildman–Crippen LogP) is 3.82. The van der Waals surface area contributed by atoms with Crippen LogP contribution in [0.2, 0.25) is 0 Å². The fourth-order valence-electron chi connectivity index (χ4n) is 3.17. The Kier molecular flexibility index (Phi) is 4.92. The van der Waals surface area contributed by atoms with Crippen molar-refractivity contribution in [2.45, 2.75) is 31.8 Å². The summed E-state index contributed by atoms with van der Waals surface area (Å²) in [5, 5.41) is 17.8. The van der Waals surface area contributed by atoms with Gasteiger partial charge in [-0.05, 0) is 54.8 Å². The molecule has 6 nitrogen and oxygen atoms in total. The van der Waals surface area contributed by atoms with Gasteiger partial charge in [0.25, 0.3) is 5.69 Å². The number of rotatable bonds is 5. The highest BCUT2D eigenvalue weighted by molar-refractivity contribution is 7.07. The van der Waals surface area contributed by atoms with Crippen LogP contribution < -0.4 is 5.32 Å². The monoisotopic (exact) mass is 345 g/mol. The Morgan fingerprint density at radius 1 is 1.46 bits per heavy atom. The molecular weight excluding hydrogens is 326 g/mol. The summed E-state index contributed by atoms with van der Waals surface area (Å²) >= 11 is 1.66. The quantitative estimate of drug-likeness (QED) is 0.660. The van der Waals surface area contributed by atoms with Crippen LogP contribution in [0.5, 0.6) is 0 Å². The highest BCUT2D eigenvalue weighted by Gasteiger charge is 2.33. The van der Waals surface area contributed by atoms with Gasteiger partial charge in [0, 0.05) is 23.9 Å². The van der Waals surface area contributed by atoms with Gasteiger partial charge in [0.15, 0.2) is 0 Å². The molecule has 1 fully saturated rings. The van der Waals surface area contributed by atoms with Gasteiger partial charge in [0.05, 0.1) is 11.0 Å². The van der Waals surface area contributed by atoms with Crippen LogP contribution in [0.4, 0.5) is 11.4 Å². The number of benzene rings is 1. The van der Waals surface area contributed by atoms with Crippen molar-refractivity contribution in [2.75, 3.05) is 11.9 Å². The lowest BCUT2D eigenvalue weighted by atomic mass is 10.1. The minimum Gasteiger partial charge on any atom is -0.324 e. The topological polar surface area (TPSA) is 75.5 Å². The van der Waals surface area contributed by atoms with Crippen molar-refractivity contribution in [3.63, 3.8) is 0 Å². The molecule has 0 spiro atoms. The lowest BCUT2D eigenvalue weighted by molar-refractivity contribution is -0.384. The molecule has 7 heteroatoms. The van der Waals surface area contributed by atoms with Crippen molar-refractivity contribution in [1.82, 2.24) is 4.90 Å².